The van der Waals surface area contributed by atoms with Crippen molar-refractivity contribution >= 4 is 40.8 Å². The molecule has 5 N–H and O–H groups in total. The van der Waals surface area contributed by atoms with Crippen molar-refractivity contribution in [1.29, 1.82) is 5.41 Å². The minimum absolute atomic E-state index is 0.190. The van der Waals surface area contributed by atoms with Gasteiger partial charge in [-0.3, -0.25) is 5.41 Å². The lowest BCUT2D eigenvalue weighted by molar-refractivity contribution is 0.547. The number of amidine groups is 1. The van der Waals surface area contributed by atoms with Gasteiger partial charge in [-0.05, 0) is 67.4 Å². The lowest BCUT2D eigenvalue weighted by Crippen LogP contribution is -2.16. The summed E-state index contributed by atoms with van der Waals surface area (Å²) in [6.45, 7) is 4.00. The molecule has 2 aromatic carbocycles. The number of aromatic nitrogens is 1. The van der Waals surface area contributed by atoms with Crippen molar-refractivity contribution in [2.75, 3.05) is 10.3 Å². The Bertz CT molecular complexity index is 1060. The zero-order valence-electron chi connectivity index (χ0n) is 15.3. The van der Waals surface area contributed by atoms with Gasteiger partial charge in [0.1, 0.15) is 11.5 Å². The second-order valence-electron chi connectivity index (χ2n) is 6.29. The molecule has 144 valence electrons. The van der Waals surface area contributed by atoms with Gasteiger partial charge in [-0.25, -0.2) is 4.98 Å². The highest BCUT2D eigenvalue weighted by Crippen LogP contribution is 2.36. The Labute approximate surface area is 172 Å². The zero-order chi connectivity index (χ0) is 20.4. The van der Waals surface area contributed by atoms with Crippen molar-refractivity contribution in [1.82, 2.24) is 4.98 Å². The molecule has 0 bridgehead atoms. The van der Waals surface area contributed by atoms with Gasteiger partial charge in [-0.1, -0.05) is 22.1 Å². The number of benzene rings is 2. The minimum Gasteiger partial charge on any atom is -0.397 e. The van der Waals surface area contributed by atoms with Crippen LogP contribution < -0.4 is 16.0 Å². The number of pyridine rings is 1. The molecule has 0 fully saturated rings. The molecular weight excluding hydrogens is 397 g/mol. The van der Waals surface area contributed by atoms with Crippen molar-refractivity contribution in [3.8, 4) is 11.3 Å². The van der Waals surface area contributed by atoms with E-state index in [9.17, 15) is 4.48 Å². The predicted octanol–water partition coefficient (Wildman–Crippen LogP) is 5.28. The van der Waals surface area contributed by atoms with Crippen LogP contribution in [0, 0.1) is 19.3 Å². The van der Waals surface area contributed by atoms with E-state index in [1.165, 1.54) is 6.07 Å². The van der Waals surface area contributed by atoms with E-state index in [-0.39, 0.29) is 11.5 Å². The van der Waals surface area contributed by atoms with E-state index in [0.29, 0.717) is 32.2 Å². The van der Waals surface area contributed by atoms with Gasteiger partial charge in [0, 0.05) is 22.4 Å². The fourth-order valence-corrected chi connectivity index (χ4v) is 3.61. The molecule has 28 heavy (non-hydrogen) atoms. The standard InChI is InChI=1S/C20H19ClFN5S/c1-11-3-5-14(9-12(11)2)28-27(22)13-4-6-15(16(21)10-13)18-8-7-17(23)19(26-18)20(24)25/h3-10H,23H2,1-2H3,(H3,24,25). The molecule has 3 rings (SSSR count). The number of nitrogens with zero attached hydrogens (tertiary/aromatic N) is 2. The Morgan fingerprint density at radius 1 is 1.11 bits per heavy atom. The molecule has 1 heterocycles. The van der Waals surface area contributed by atoms with Crippen molar-refractivity contribution in [2.45, 2.75) is 18.7 Å². The van der Waals surface area contributed by atoms with Crippen LogP contribution >= 0.6 is 23.5 Å². The number of nitrogens with two attached hydrogens (primary N) is 2. The molecule has 0 saturated heterocycles. The Morgan fingerprint density at radius 3 is 2.50 bits per heavy atom. The number of aryl methyl sites for hydroxylation is 2. The maximum absolute atomic E-state index is 14.7. The van der Waals surface area contributed by atoms with Gasteiger partial charge in [-0.15, -0.1) is 4.53 Å². The summed E-state index contributed by atoms with van der Waals surface area (Å²) < 4.78 is 15.2. The summed E-state index contributed by atoms with van der Waals surface area (Å²) in [7, 11) is 0. The molecule has 5 nitrogen and oxygen atoms in total. The van der Waals surface area contributed by atoms with Crippen LogP contribution in [0.2, 0.25) is 5.02 Å². The molecule has 0 aliphatic heterocycles. The van der Waals surface area contributed by atoms with Crippen molar-refractivity contribution in [3.63, 3.8) is 0 Å². The topological polar surface area (TPSA) is 92.0 Å². The predicted molar refractivity (Wildman–Crippen MR) is 115 cm³/mol. The molecule has 0 unspecified atom stereocenters. The molecule has 3 aromatic rings. The monoisotopic (exact) mass is 415 g/mol. The molecule has 0 saturated carbocycles. The third-order valence-electron chi connectivity index (χ3n) is 4.28. The molecule has 0 radical (unpaired) electrons. The summed E-state index contributed by atoms with van der Waals surface area (Å²) in [5.74, 6) is -0.230. The molecule has 0 atom stereocenters. The first kappa shape index (κ1) is 20.0. The summed E-state index contributed by atoms with van der Waals surface area (Å²) >= 11 is 7.34. The highest BCUT2D eigenvalue weighted by molar-refractivity contribution is 8.00. The van der Waals surface area contributed by atoms with E-state index in [1.807, 2.05) is 32.0 Å². The van der Waals surface area contributed by atoms with Crippen LogP contribution in [0.1, 0.15) is 16.8 Å². The van der Waals surface area contributed by atoms with Crippen LogP contribution in [0.25, 0.3) is 11.3 Å². The summed E-state index contributed by atoms with van der Waals surface area (Å²) in [6, 6.07) is 13.9. The third kappa shape index (κ3) is 4.21. The average molecular weight is 416 g/mol. The maximum Gasteiger partial charge on any atom is 0.143 e. The molecule has 0 spiro atoms. The van der Waals surface area contributed by atoms with E-state index in [0.717, 1.165) is 28.0 Å². The van der Waals surface area contributed by atoms with Crippen LogP contribution in [0.15, 0.2) is 53.4 Å². The number of halogens is 2. The first-order chi connectivity index (χ1) is 13.3. The number of anilines is 2. The minimum atomic E-state index is -0.230. The maximum atomic E-state index is 14.7. The average Bonchev–Trinajstić information content (AvgIpc) is 2.65. The van der Waals surface area contributed by atoms with E-state index in [2.05, 4.69) is 4.98 Å². The SMILES string of the molecule is Cc1ccc(SN(F)c2ccc(-c3ccc(N)c(C(=N)N)n3)c(Cl)c2)cc1C. The Balaban J connectivity index is 1.86. The molecule has 0 aliphatic carbocycles. The Morgan fingerprint density at radius 2 is 1.86 bits per heavy atom. The first-order valence-electron chi connectivity index (χ1n) is 8.38. The van der Waals surface area contributed by atoms with Crippen LogP contribution in [-0.2, 0) is 0 Å². The normalized spacial score (nSPS) is 10.7. The van der Waals surface area contributed by atoms with Crippen LogP contribution in [0.4, 0.5) is 15.9 Å². The Hall–Kier alpha value is -2.77. The van der Waals surface area contributed by atoms with Gasteiger partial charge in [0.15, 0.2) is 0 Å². The van der Waals surface area contributed by atoms with Gasteiger partial charge >= 0.3 is 0 Å². The quantitative estimate of drug-likeness (QED) is 0.228. The van der Waals surface area contributed by atoms with E-state index in [1.54, 1.807) is 24.3 Å². The van der Waals surface area contributed by atoms with Crippen molar-refractivity contribution < 1.29 is 4.48 Å². The van der Waals surface area contributed by atoms with Gasteiger partial charge in [0.25, 0.3) is 0 Å². The number of hydrogen-bond acceptors (Lipinski definition) is 5. The summed E-state index contributed by atoms with van der Waals surface area (Å²) in [5, 5.41) is 7.88. The fraction of sp³-hybridized carbons (Fsp3) is 0.100. The molecule has 8 heteroatoms. The summed E-state index contributed by atoms with van der Waals surface area (Å²) in [4.78, 5) is 5.08. The number of rotatable bonds is 5. The van der Waals surface area contributed by atoms with Gasteiger partial charge in [-0.2, -0.15) is 0 Å². The second kappa shape index (κ2) is 8.08. The zero-order valence-corrected chi connectivity index (χ0v) is 16.9. The van der Waals surface area contributed by atoms with Crippen LogP contribution in [0.3, 0.4) is 0 Å². The smallest absolute Gasteiger partial charge is 0.143 e. The highest BCUT2D eigenvalue weighted by Gasteiger charge is 2.14. The van der Waals surface area contributed by atoms with E-state index >= 15 is 0 Å². The van der Waals surface area contributed by atoms with E-state index < -0.39 is 0 Å². The number of nitrogen functional groups attached to an aromatic ring is 2. The first-order valence-corrected chi connectivity index (χ1v) is 9.53. The third-order valence-corrected chi connectivity index (χ3v) is 5.43. The highest BCUT2D eigenvalue weighted by atomic mass is 35.5. The van der Waals surface area contributed by atoms with Crippen LogP contribution in [-0.4, -0.2) is 10.8 Å². The van der Waals surface area contributed by atoms with Crippen molar-refractivity contribution in [2.24, 2.45) is 5.73 Å². The van der Waals surface area contributed by atoms with Crippen molar-refractivity contribution in [3.05, 3.63) is 70.4 Å². The van der Waals surface area contributed by atoms with Gasteiger partial charge in [0.05, 0.1) is 22.1 Å². The van der Waals surface area contributed by atoms with E-state index in [4.69, 9.17) is 28.5 Å². The van der Waals surface area contributed by atoms with Crippen LogP contribution in [0.5, 0.6) is 0 Å². The van der Waals surface area contributed by atoms with Gasteiger partial charge in [0.2, 0.25) is 0 Å². The summed E-state index contributed by atoms with van der Waals surface area (Å²) in [6.07, 6.45) is 0. The fourth-order valence-electron chi connectivity index (χ4n) is 2.57. The van der Waals surface area contributed by atoms with Gasteiger partial charge < -0.3 is 11.5 Å². The lowest BCUT2D eigenvalue weighted by Gasteiger charge is -2.15. The largest absolute Gasteiger partial charge is 0.397 e. The number of nitrogens with one attached hydrogen (secondary N) is 1. The molecule has 0 aliphatic rings. The molecule has 0 amide bonds. The lowest BCUT2D eigenvalue weighted by atomic mass is 10.1. The Kier molecular flexibility index (Phi) is 5.76. The second-order valence-corrected chi connectivity index (χ2v) is 7.68. The number of hydrogen-bond donors (Lipinski definition) is 3. The molecular formula is C20H19ClFN5S. The summed E-state index contributed by atoms with van der Waals surface area (Å²) in [5.41, 5.74) is 15.5. The molecule has 1 aromatic heterocycles.